The van der Waals surface area contributed by atoms with Crippen LogP contribution in [0.15, 0.2) is 12.3 Å². The van der Waals surface area contributed by atoms with E-state index in [9.17, 15) is 0 Å². The van der Waals surface area contributed by atoms with E-state index < -0.39 is 0 Å². The highest BCUT2D eigenvalue weighted by Gasteiger charge is 2.16. The lowest BCUT2D eigenvalue weighted by molar-refractivity contribution is 0.373. The fourth-order valence-electron chi connectivity index (χ4n) is 3.32. The molecule has 2 aromatic heterocycles. The lowest BCUT2D eigenvalue weighted by Gasteiger charge is -2.22. The molecule has 0 bridgehead atoms. The van der Waals surface area contributed by atoms with E-state index in [-0.39, 0.29) is 0 Å². The van der Waals surface area contributed by atoms with Crippen molar-refractivity contribution in [1.29, 1.82) is 0 Å². The van der Waals surface area contributed by atoms with Crippen LogP contribution in [0.25, 0.3) is 5.65 Å². The summed E-state index contributed by atoms with van der Waals surface area (Å²) in [7, 11) is 0. The lowest BCUT2D eigenvalue weighted by Crippen LogP contribution is -2.19. The molecule has 0 unspecified atom stereocenters. The third-order valence-electron chi connectivity index (χ3n) is 4.68. The summed E-state index contributed by atoms with van der Waals surface area (Å²) in [4.78, 5) is 4.70. The molecule has 1 aliphatic carbocycles. The molecule has 2 aromatic rings. The minimum absolute atomic E-state index is 0.400. The van der Waals surface area contributed by atoms with E-state index in [4.69, 9.17) is 4.98 Å². The van der Waals surface area contributed by atoms with E-state index >= 15 is 0 Å². The second-order valence-electron chi connectivity index (χ2n) is 6.74. The molecule has 2 N–H and O–H groups in total. The number of thiol groups is 1. The zero-order valence-corrected chi connectivity index (χ0v) is 14.9. The van der Waals surface area contributed by atoms with Crippen LogP contribution in [0.2, 0.25) is 0 Å². The van der Waals surface area contributed by atoms with E-state index in [2.05, 4.69) is 42.2 Å². The molecule has 0 amide bonds. The molecule has 0 aromatic carbocycles. The maximum atomic E-state index is 4.70. The maximum Gasteiger partial charge on any atom is 0.163 e. The van der Waals surface area contributed by atoms with Gasteiger partial charge in [-0.3, -0.25) is 0 Å². The van der Waals surface area contributed by atoms with Crippen molar-refractivity contribution in [3.63, 3.8) is 0 Å². The number of hydrogen-bond donors (Lipinski definition) is 3. The Morgan fingerprint density at radius 1 is 1.26 bits per heavy atom. The quantitative estimate of drug-likeness (QED) is 0.549. The predicted molar refractivity (Wildman–Crippen MR) is 99.6 cm³/mol. The Morgan fingerprint density at radius 2 is 2.04 bits per heavy atom. The molecule has 2 heterocycles. The maximum absolute atomic E-state index is 4.70. The van der Waals surface area contributed by atoms with Gasteiger partial charge in [-0.25, -0.2) is 4.98 Å². The van der Waals surface area contributed by atoms with Gasteiger partial charge < -0.3 is 10.6 Å². The Bertz CT molecular complexity index is 646. The fraction of sp³-hybridized carbons (Fsp3) is 0.647. The van der Waals surface area contributed by atoms with Crippen molar-refractivity contribution in [2.24, 2.45) is 5.92 Å². The Labute approximate surface area is 143 Å². The summed E-state index contributed by atoms with van der Waals surface area (Å²) in [5.41, 5.74) is 2.10. The Morgan fingerprint density at radius 3 is 2.74 bits per heavy atom. The summed E-state index contributed by atoms with van der Waals surface area (Å²) in [6.45, 7) is 5.36. The van der Waals surface area contributed by atoms with Crippen molar-refractivity contribution in [3.05, 3.63) is 17.8 Å². The van der Waals surface area contributed by atoms with E-state index in [1.807, 2.05) is 16.8 Å². The molecule has 1 aliphatic rings. The average molecular weight is 334 g/mol. The molecule has 5 nitrogen and oxygen atoms in total. The minimum atomic E-state index is 0.400. The summed E-state index contributed by atoms with van der Waals surface area (Å²) >= 11 is 4.25. The molecule has 3 rings (SSSR count). The van der Waals surface area contributed by atoms with E-state index in [0.717, 1.165) is 29.7 Å². The van der Waals surface area contributed by atoms with Crippen LogP contribution in [-0.4, -0.2) is 27.0 Å². The molecule has 6 heteroatoms. The van der Waals surface area contributed by atoms with Gasteiger partial charge in [-0.1, -0.05) is 33.1 Å². The van der Waals surface area contributed by atoms with Crippen LogP contribution in [-0.2, 0) is 0 Å². The summed E-state index contributed by atoms with van der Waals surface area (Å²) in [6.07, 6.45) is 8.72. The first-order chi connectivity index (χ1) is 11.2. The van der Waals surface area contributed by atoms with Gasteiger partial charge in [0.2, 0.25) is 0 Å². The van der Waals surface area contributed by atoms with Gasteiger partial charge in [0.05, 0.1) is 12.1 Å². The first-order valence-electron chi connectivity index (χ1n) is 8.66. The summed E-state index contributed by atoms with van der Waals surface area (Å²) in [6, 6.07) is 2.03. The molecule has 0 saturated heterocycles. The van der Waals surface area contributed by atoms with Crippen LogP contribution in [0.3, 0.4) is 0 Å². The molecular weight excluding hydrogens is 306 g/mol. The first kappa shape index (κ1) is 16.4. The lowest BCUT2D eigenvalue weighted by atomic mass is 9.89. The SMILES string of the molecule is CC(C)c1cnn2c(NCC3CCCCC3)cc(NCS)nc12. The summed E-state index contributed by atoms with van der Waals surface area (Å²) in [5.74, 6) is 3.60. The van der Waals surface area contributed by atoms with Gasteiger partial charge in [0.1, 0.15) is 11.6 Å². The number of anilines is 2. The van der Waals surface area contributed by atoms with Gasteiger partial charge in [0, 0.05) is 18.2 Å². The summed E-state index contributed by atoms with van der Waals surface area (Å²) in [5, 5.41) is 11.4. The zero-order valence-electron chi connectivity index (χ0n) is 14.0. The topological polar surface area (TPSA) is 54.2 Å². The van der Waals surface area contributed by atoms with Crippen LogP contribution in [0.4, 0.5) is 11.6 Å². The first-order valence-corrected chi connectivity index (χ1v) is 9.29. The van der Waals surface area contributed by atoms with Crippen LogP contribution in [0.1, 0.15) is 57.4 Å². The normalized spacial score (nSPS) is 16.2. The Kier molecular flexibility index (Phi) is 5.30. The van der Waals surface area contributed by atoms with Crippen molar-refractivity contribution >= 4 is 29.9 Å². The number of nitrogens with one attached hydrogen (secondary N) is 2. The third-order valence-corrected chi connectivity index (χ3v) is 4.84. The van der Waals surface area contributed by atoms with Crippen molar-refractivity contribution in [2.45, 2.75) is 51.9 Å². The van der Waals surface area contributed by atoms with Gasteiger partial charge >= 0.3 is 0 Å². The average Bonchev–Trinajstić information content (AvgIpc) is 2.98. The Hall–Kier alpha value is -1.43. The van der Waals surface area contributed by atoms with E-state index in [1.165, 1.54) is 37.7 Å². The van der Waals surface area contributed by atoms with Gasteiger partial charge in [0.15, 0.2) is 5.65 Å². The molecule has 0 aliphatic heterocycles. The van der Waals surface area contributed by atoms with Crippen LogP contribution < -0.4 is 10.6 Å². The van der Waals surface area contributed by atoms with E-state index in [0.29, 0.717) is 11.8 Å². The highest BCUT2D eigenvalue weighted by Crippen LogP contribution is 2.26. The smallest absolute Gasteiger partial charge is 0.163 e. The number of fused-ring (bicyclic) bond motifs is 1. The molecule has 126 valence electrons. The third kappa shape index (κ3) is 3.74. The van der Waals surface area contributed by atoms with Crippen LogP contribution >= 0.6 is 12.6 Å². The van der Waals surface area contributed by atoms with Gasteiger partial charge in [-0.05, 0) is 24.7 Å². The zero-order chi connectivity index (χ0) is 16.2. The second kappa shape index (κ2) is 7.43. The molecule has 0 atom stereocenters. The van der Waals surface area contributed by atoms with Gasteiger partial charge in [-0.2, -0.15) is 22.2 Å². The fourth-order valence-corrected chi connectivity index (χ4v) is 3.49. The van der Waals surface area contributed by atoms with Gasteiger partial charge in [-0.15, -0.1) is 0 Å². The van der Waals surface area contributed by atoms with Gasteiger partial charge in [0.25, 0.3) is 0 Å². The standard InChI is InChI=1S/C17H27N5S/c1-12(2)14-10-20-22-16(8-15(19-11-23)21-17(14)22)18-9-13-6-4-3-5-7-13/h8,10,12-13,18,23H,3-7,9,11H2,1-2H3,(H,19,21). The number of nitrogens with zero attached hydrogens (tertiary/aromatic N) is 3. The highest BCUT2D eigenvalue weighted by molar-refractivity contribution is 7.80. The number of aromatic nitrogens is 3. The second-order valence-corrected chi connectivity index (χ2v) is 7.05. The van der Waals surface area contributed by atoms with Crippen molar-refractivity contribution in [2.75, 3.05) is 23.1 Å². The summed E-state index contributed by atoms with van der Waals surface area (Å²) < 4.78 is 1.93. The number of rotatable bonds is 6. The molecule has 1 saturated carbocycles. The Balaban J connectivity index is 1.87. The van der Waals surface area contributed by atoms with Crippen LogP contribution in [0.5, 0.6) is 0 Å². The van der Waals surface area contributed by atoms with Crippen molar-refractivity contribution in [3.8, 4) is 0 Å². The molecule has 0 spiro atoms. The largest absolute Gasteiger partial charge is 0.370 e. The van der Waals surface area contributed by atoms with Crippen LogP contribution in [0, 0.1) is 5.92 Å². The minimum Gasteiger partial charge on any atom is -0.370 e. The monoisotopic (exact) mass is 333 g/mol. The molecule has 23 heavy (non-hydrogen) atoms. The molecular formula is C17H27N5S. The molecule has 1 fully saturated rings. The van der Waals surface area contributed by atoms with Crippen molar-refractivity contribution in [1.82, 2.24) is 14.6 Å². The van der Waals surface area contributed by atoms with Crippen molar-refractivity contribution < 1.29 is 0 Å². The van der Waals surface area contributed by atoms with E-state index in [1.54, 1.807) is 0 Å². The predicted octanol–water partition coefficient (Wildman–Crippen LogP) is 4.14. The highest BCUT2D eigenvalue weighted by atomic mass is 32.1. The molecule has 0 radical (unpaired) electrons. The number of hydrogen-bond acceptors (Lipinski definition) is 5.